The molecule has 2 N–H and O–H groups in total. The van der Waals surface area contributed by atoms with Crippen LogP contribution in [0.4, 0.5) is 11.6 Å². The van der Waals surface area contributed by atoms with E-state index in [1.165, 1.54) is 29.1 Å². The molecule has 12 heteroatoms. The van der Waals surface area contributed by atoms with E-state index in [1.54, 1.807) is 12.1 Å². The van der Waals surface area contributed by atoms with Crippen molar-refractivity contribution >= 4 is 34.9 Å². The average molecular weight is 387 g/mol. The Balaban J connectivity index is 1.70. The first-order chi connectivity index (χ1) is 13.0. The van der Waals surface area contributed by atoms with E-state index < -0.39 is 10.8 Å². The third-order valence-corrected chi connectivity index (χ3v) is 3.59. The molecule has 0 saturated carbocycles. The van der Waals surface area contributed by atoms with Crippen molar-refractivity contribution in [1.29, 1.82) is 0 Å². The van der Waals surface area contributed by atoms with Gasteiger partial charge in [-0.25, -0.2) is 0 Å². The van der Waals surface area contributed by atoms with Gasteiger partial charge in [0.05, 0.1) is 17.0 Å². The Hall–Kier alpha value is -3.67. The summed E-state index contributed by atoms with van der Waals surface area (Å²) in [6.07, 6.45) is 0. The highest BCUT2D eigenvalue weighted by Crippen LogP contribution is 2.30. The topological polar surface area (TPSA) is 141 Å². The van der Waals surface area contributed by atoms with Crippen LogP contribution in [0.1, 0.15) is 17.5 Å². The molecular formula is C15H13N7O4S. The van der Waals surface area contributed by atoms with E-state index in [-0.39, 0.29) is 33.8 Å². The van der Waals surface area contributed by atoms with Gasteiger partial charge in [-0.1, -0.05) is 17.2 Å². The van der Waals surface area contributed by atoms with Crippen molar-refractivity contribution in [3.63, 3.8) is 0 Å². The van der Waals surface area contributed by atoms with E-state index in [4.69, 9.17) is 16.6 Å². The van der Waals surface area contributed by atoms with Crippen molar-refractivity contribution in [3.8, 4) is 11.3 Å². The van der Waals surface area contributed by atoms with E-state index in [2.05, 4.69) is 26.0 Å². The number of hydrogen-bond donors (Lipinski definition) is 2. The molecule has 27 heavy (non-hydrogen) atoms. The van der Waals surface area contributed by atoms with Crippen LogP contribution < -0.4 is 10.6 Å². The molecule has 0 bridgehead atoms. The van der Waals surface area contributed by atoms with Crippen LogP contribution in [0, 0.1) is 10.1 Å². The number of nitrogens with zero attached hydrogens (tertiary/aromatic N) is 5. The molecule has 3 rings (SSSR count). The van der Waals surface area contributed by atoms with Crippen LogP contribution >= 0.6 is 12.2 Å². The van der Waals surface area contributed by atoms with Gasteiger partial charge in [-0.05, 0) is 42.6 Å². The van der Waals surface area contributed by atoms with E-state index in [0.29, 0.717) is 6.54 Å². The van der Waals surface area contributed by atoms with Crippen LogP contribution in [0.15, 0.2) is 40.8 Å². The van der Waals surface area contributed by atoms with Gasteiger partial charge in [0.25, 0.3) is 17.5 Å². The number of aryl methyl sites for hydroxylation is 1. The van der Waals surface area contributed by atoms with Crippen LogP contribution in [0.25, 0.3) is 11.3 Å². The van der Waals surface area contributed by atoms with Crippen molar-refractivity contribution in [2.24, 2.45) is 0 Å². The molecule has 0 fully saturated rings. The van der Waals surface area contributed by atoms with Crippen molar-refractivity contribution in [3.05, 3.63) is 52.3 Å². The second kappa shape index (κ2) is 7.70. The van der Waals surface area contributed by atoms with Crippen molar-refractivity contribution in [2.45, 2.75) is 13.5 Å². The number of carbonyl (C=O) groups is 1. The van der Waals surface area contributed by atoms with Gasteiger partial charge in [-0.2, -0.15) is 4.80 Å². The van der Waals surface area contributed by atoms with Crippen molar-refractivity contribution in [1.82, 2.24) is 25.5 Å². The summed E-state index contributed by atoms with van der Waals surface area (Å²) in [6, 6.07) is 8.95. The maximum absolute atomic E-state index is 12.2. The van der Waals surface area contributed by atoms with Crippen LogP contribution in [0.2, 0.25) is 0 Å². The number of hydrogen-bond acceptors (Lipinski definition) is 8. The molecule has 2 heterocycles. The zero-order chi connectivity index (χ0) is 19.4. The molecule has 138 valence electrons. The van der Waals surface area contributed by atoms with Gasteiger partial charge in [0.2, 0.25) is 0 Å². The van der Waals surface area contributed by atoms with Gasteiger partial charge in [0.1, 0.15) is 5.76 Å². The fourth-order valence-corrected chi connectivity index (χ4v) is 2.35. The molecule has 0 saturated heterocycles. The number of amides is 1. The summed E-state index contributed by atoms with van der Waals surface area (Å²) in [6.45, 7) is 2.38. The number of nitro groups is 1. The lowest BCUT2D eigenvalue weighted by Gasteiger charge is -2.04. The second-order valence-corrected chi connectivity index (χ2v) is 5.56. The van der Waals surface area contributed by atoms with E-state index in [0.717, 1.165) is 0 Å². The molecule has 1 amide bonds. The van der Waals surface area contributed by atoms with Gasteiger partial charge in [-0.15, -0.1) is 5.10 Å². The average Bonchev–Trinajstić information content (AvgIpc) is 3.31. The van der Waals surface area contributed by atoms with Gasteiger partial charge < -0.3 is 4.42 Å². The molecule has 0 atom stereocenters. The normalized spacial score (nSPS) is 10.4. The van der Waals surface area contributed by atoms with Crippen LogP contribution in [-0.4, -0.2) is 36.2 Å². The number of nitro benzene ring substituents is 1. The number of furan rings is 1. The molecule has 0 spiro atoms. The molecule has 0 unspecified atom stereocenters. The highest BCUT2D eigenvalue weighted by molar-refractivity contribution is 7.80. The zero-order valence-electron chi connectivity index (χ0n) is 13.9. The van der Waals surface area contributed by atoms with Gasteiger partial charge in [-0.3, -0.25) is 25.5 Å². The predicted molar refractivity (Wildman–Crippen MR) is 98.0 cm³/mol. The van der Waals surface area contributed by atoms with Gasteiger partial charge in [0, 0.05) is 6.07 Å². The monoisotopic (exact) mass is 387 g/mol. The van der Waals surface area contributed by atoms with Crippen LogP contribution in [-0.2, 0) is 6.54 Å². The molecule has 0 aliphatic rings. The summed E-state index contributed by atoms with van der Waals surface area (Å²) in [5, 5.41) is 27.6. The minimum Gasteiger partial charge on any atom is -0.451 e. The summed E-state index contributed by atoms with van der Waals surface area (Å²) < 4.78 is 5.44. The molecular weight excluding hydrogens is 374 g/mol. The number of tetrazole rings is 1. The third-order valence-electron chi connectivity index (χ3n) is 3.38. The first kappa shape index (κ1) is 18.1. The van der Waals surface area contributed by atoms with E-state index >= 15 is 0 Å². The number of nitrogens with one attached hydrogen (secondary N) is 2. The fourth-order valence-electron chi connectivity index (χ4n) is 2.17. The van der Waals surface area contributed by atoms with Crippen LogP contribution in [0.5, 0.6) is 0 Å². The summed E-state index contributed by atoms with van der Waals surface area (Å²) in [4.78, 5) is 24.2. The van der Waals surface area contributed by atoms with Crippen LogP contribution in [0.3, 0.4) is 0 Å². The molecule has 2 aromatic heterocycles. The predicted octanol–water partition coefficient (Wildman–Crippen LogP) is 1.99. The lowest BCUT2D eigenvalue weighted by atomic mass is 10.1. The Morgan fingerprint density at radius 1 is 1.33 bits per heavy atom. The standard InChI is InChI=1S/C15H13N7O4S/c1-2-21-19-14(18-20-21)17-15(27)16-13(23)12-8-7-11(26-12)9-5-3-4-6-10(9)22(24)25/h3-8H,2H2,1H3,(H2,16,17,19,23,27). The maximum Gasteiger partial charge on any atom is 0.293 e. The Morgan fingerprint density at radius 3 is 2.81 bits per heavy atom. The summed E-state index contributed by atoms with van der Waals surface area (Å²) >= 11 is 5.02. The Labute approximate surface area is 157 Å². The Morgan fingerprint density at radius 2 is 2.11 bits per heavy atom. The number of thiocarbonyl (C=S) groups is 1. The summed E-state index contributed by atoms with van der Waals surface area (Å²) in [7, 11) is 0. The smallest absolute Gasteiger partial charge is 0.293 e. The molecule has 0 aliphatic heterocycles. The largest absolute Gasteiger partial charge is 0.451 e. The minimum absolute atomic E-state index is 0.0423. The van der Waals surface area contributed by atoms with Gasteiger partial charge in [0.15, 0.2) is 10.9 Å². The molecule has 1 aromatic carbocycles. The van der Waals surface area contributed by atoms with E-state index in [1.807, 2.05) is 6.92 Å². The van der Waals surface area contributed by atoms with Gasteiger partial charge >= 0.3 is 0 Å². The number of aromatic nitrogens is 4. The van der Waals surface area contributed by atoms with Crippen molar-refractivity contribution < 1.29 is 14.1 Å². The molecule has 11 nitrogen and oxygen atoms in total. The van der Waals surface area contributed by atoms with Crippen molar-refractivity contribution in [2.75, 3.05) is 5.32 Å². The fraction of sp³-hybridized carbons (Fsp3) is 0.133. The third kappa shape index (κ3) is 4.12. The second-order valence-electron chi connectivity index (χ2n) is 5.15. The van der Waals surface area contributed by atoms with E-state index in [9.17, 15) is 14.9 Å². The first-order valence-electron chi connectivity index (χ1n) is 7.71. The Kier molecular flexibility index (Phi) is 5.17. The lowest BCUT2D eigenvalue weighted by Crippen LogP contribution is -2.34. The quantitative estimate of drug-likeness (QED) is 0.382. The number of para-hydroxylation sites is 1. The molecule has 3 aromatic rings. The first-order valence-corrected chi connectivity index (χ1v) is 8.12. The maximum atomic E-state index is 12.2. The number of rotatable bonds is 5. The lowest BCUT2D eigenvalue weighted by molar-refractivity contribution is -0.384. The summed E-state index contributed by atoms with van der Waals surface area (Å²) in [5.74, 6) is -0.348. The number of anilines is 1. The SMILES string of the molecule is CCn1nnc(NC(=S)NC(=O)c2ccc(-c3ccccc3[N+](=O)[O-])o2)n1. The number of carbonyl (C=O) groups excluding carboxylic acids is 1. The zero-order valence-corrected chi connectivity index (χ0v) is 14.8. The molecule has 0 aliphatic carbocycles. The number of benzene rings is 1. The molecule has 0 radical (unpaired) electrons. The Bertz CT molecular complexity index is 1010. The highest BCUT2D eigenvalue weighted by atomic mass is 32.1. The summed E-state index contributed by atoms with van der Waals surface area (Å²) in [5.41, 5.74) is 0.142. The minimum atomic E-state index is -0.625. The highest BCUT2D eigenvalue weighted by Gasteiger charge is 2.20.